The van der Waals surface area contributed by atoms with Crippen LogP contribution in [-0.4, -0.2) is 9.97 Å². The van der Waals surface area contributed by atoms with Gasteiger partial charge in [0.05, 0.1) is 23.0 Å². The summed E-state index contributed by atoms with van der Waals surface area (Å²) in [7, 11) is 0. The van der Waals surface area contributed by atoms with Gasteiger partial charge in [-0.15, -0.1) is 0 Å². The summed E-state index contributed by atoms with van der Waals surface area (Å²) in [6.45, 7) is 0. The van der Waals surface area contributed by atoms with Crippen molar-refractivity contribution in [2.24, 2.45) is 0 Å². The number of nitriles is 1. The molecule has 196 valence electrons. The second-order valence-electron chi connectivity index (χ2n) is 10.2. The number of hydrogen-bond acceptors (Lipinski definition) is 3. The van der Waals surface area contributed by atoms with Gasteiger partial charge in [0.2, 0.25) is 0 Å². The van der Waals surface area contributed by atoms with Crippen molar-refractivity contribution in [3.05, 3.63) is 157 Å². The maximum atomic E-state index is 9.58. The maximum Gasteiger partial charge on any atom is 0.160 e. The number of nitrogens with zero attached hydrogens (tertiary/aromatic N) is 3. The van der Waals surface area contributed by atoms with Crippen LogP contribution in [0.1, 0.15) is 5.56 Å². The zero-order valence-electron chi connectivity index (χ0n) is 22.8. The first-order valence-corrected chi connectivity index (χ1v) is 13.9. The third kappa shape index (κ3) is 4.94. The molecule has 0 atom stereocenters. The van der Waals surface area contributed by atoms with Gasteiger partial charge >= 0.3 is 0 Å². The molecule has 0 aliphatic heterocycles. The van der Waals surface area contributed by atoms with Gasteiger partial charge in [-0.1, -0.05) is 127 Å². The monoisotopic (exact) mass is 535 g/mol. The van der Waals surface area contributed by atoms with Crippen molar-refractivity contribution in [2.45, 2.75) is 0 Å². The SMILES string of the molecule is N#Cc1ccccc1-c1ccc2ccc(-c3ccc(-c4cc(-c5ccccc5)nc(-c5ccccc5)n4)cc3)cc2c1. The maximum absolute atomic E-state index is 9.58. The lowest BCUT2D eigenvalue weighted by atomic mass is 9.95. The summed E-state index contributed by atoms with van der Waals surface area (Å²) in [4.78, 5) is 9.87. The Hall–Kier alpha value is -5.85. The smallest absolute Gasteiger partial charge is 0.160 e. The van der Waals surface area contributed by atoms with Crippen LogP contribution in [0.4, 0.5) is 0 Å². The first kappa shape index (κ1) is 25.1. The standard InChI is InChI=1S/C39H25N3/c40-26-34-13-7-8-14-36(34)33-22-18-28-17-21-32(23-35(28)24-33)27-15-19-30(20-16-27)38-25-37(29-9-3-1-4-10-29)41-39(42-38)31-11-5-2-6-12-31/h1-25H. The third-order valence-corrected chi connectivity index (χ3v) is 7.54. The van der Waals surface area contributed by atoms with Crippen molar-refractivity contribution in [3.8, 4) is 62.2 Å². The van der Waals surface area contributed by atoms with E-state index in [2.05, 4.69) is 84.9 Å². The van der Waals surface area contributed by atoms with Gasteiger partial charge in [-0.05, 0) is 57.3 Å². The fraction of sp³-hybridized carbons (Fsp3) is 0. The molecule has 42 heavy (non-hydrogen) atoms. The van der Waals surface area contributed by atoms with Crippen molar-refractivity contribution in [1.29, 1.82) is 5.26 Å². The molecule has 0 N–H and O–H groups in total. The molecule has 0 bridgehead atoms. The number of rotatable bonds is 5. The summed E-state index contributed by atoms with van der Waals surface area (Å²) in [6, 6.07) is 53.9. The quantitative estimate of drug-likeness (QED) is 0.220. The van der Waals surface area contributed by atoms with Gasteiger partial charge < -0.3 is 0 Å². The summed E-state index contributed by atoms with van der Waals surface area (Å²) in [5, 5.41) is 11.9. The summed E-state index contributed by atoms with van der Waals surface area (Å²) < 4.78 is 0. The molecule has 7 aromatic rings. The molecule has 6 aromatic carbocycles. The van der Waals surface area contributed by atoms with Gasteiger partial charge in [0.15, 0.2) is 5.82 Å². The van der Waals surface area contributed by atoms with E-state index in [-0.39, 0.29) is 0 Å². The molecule has 0 unspecified atom stereocenters. The molecule has 3 nitrogen and oxygen atoms in total. The number of aromatic nitrogens is 2. The van der Waals surface area contributed by atoms with E-state index >= 15 is 0 Å². The Kier molecular flexibility index (Phi) is 6.56. The predicted octanol–water partition coefficient (Wildman–Crippen LogP) is 9.84. The molecular weight excluding hydrogens is 510 g/mol. The third-order valence-electron chi connectivity index (χ3n) is 7.54. The van der Waals surface area contributed by atoms with Crippen LogP contribution in [0.5, 0.6) is 0 Å². The molecule has 0 aliphatic rings. The van der Waals surface area contributed by atoms with Crippen LogP contribution >= 0.6 is 0 Å². The van der Waals surface area contributed by atoms with E-state index in [0.29, 0.717) is 11.4 Å². The lowest BCUT2D eigenvalue weighted by Gasteiger charge is -2.11. The lowest BCUT2D eigenvalue weighted by molar-refractivity contribution is 1.18. The van der Waals surface area contributed by atoms with Gasteiger partial charge in [0.1, 0.15) is 0 Å². The minimum atomic E-state index is 0.680. The topological polar surface area (TPSA) is 49.6 Å². The minimum absolute atomic E-state index is 0.680. The second-order valence-corrected chi connectivity index (χ2v) is 10.2. The first-order valence-electron chi connectivity index (χ1n) is 13.9. The van der Waals surface area contributed by atoms with E-state index in [4.69, 9.17) is 9.97 Å². The molecule has 3 heteroatoms. The molecule has 0 aliphatic carbocycles. The molecule has 1 aromatic heterocycles. The largest absolute Gasteiger partial charge is 0.228 e. The highest BCUT2D eigenvalue weighted by Gasteiger charge is 2.11. The highest BCUT2D eigenvalue weighted by atomic mass is 14.9. The highest BCUT2D eigenvalue weighted by molar-refractivity contribution is 5.91. The number of fused-ring (bicyclic) bond motifs is 1. The Morgan fingerprint density at radius 3 is 1.62 bits per heavy atom. The summed E-state index contributed by atoms with van der Waals surface area (Å²) >= 11 is 0. The molecule has 1 heterocycles. The summed E-state index contributed by atoms with van der Waals surface area (Å²) in [5.74, 6) is 0.708. The van der Waals surface area contributed by atoms with E-state index in [1.807, 2.05) is 72.8 Å². The minimum Gasteiger partial charge on any atom is -0.228 e. The predicted molar refractivity (Wildman–Crippen MR) is 171 cm³/mol. The Labute approximate surface area is 245 Å². The summed E-state index contributed by atoms with van der Waals surface area (Å²) in [6.07, 6.45) is 0. The van der Waals surface area contributed by atoms with Crippen LogP contribution in [0.15, 0.2) is 152 Å². The van der Waals surface area contributed by atoms with E-state index in [0.717, 1.165) is 61.1 Å². The zero-order valence-corrected chi connectivity index (χ0v) is 22.8. The van der Waals surface area contributed by atoms with Crippen molar-refractivity contribution < 1.29 is 0 Å². The van der Waals surface area contributed by atoms with Crippen molar-refractivity contribution in [3.63, 3.8) is 0 Å². The molecule has 0 fully saturated rings. The van der Waals surface area contributed by atoms with Crippen LogP contribution in [0.2, 0.25) is 0 Å². The number of benzene rings is 6. The van der Waals surface area contributed by atoms with Crippen LogP contribution in [0, 0.1) is 11.3 Å². The van der Waals surface area contributed by atoms with Crippen LogP contribution in [-0.2, 0) is 0 Å². The van der Waals surface area contributed by atoms with E-state index in [1.54, 1.807) is 0 Å². The molecular formula is C39H25N3. The molecule has 0 amide bonds. The van der Waals surface area contributed by atoms with Crippen LogP contribution < -0.4 is 0 Å². The highest BCUT2D eigenvalue weighted by Crippen LogP contribution is 2.32. The summed E-state index contributed by atoms with van der Waals surface area (Å²) in [5.41, 5.74) is 9.79. The Morgan fingerprint density at radius 1 is 0.405 bits per heavy atom. The van der Waals surface area contributed by atoms with Crippen molar-refractivity contribution in [2.75, 3.05) is 0 Å². The van der Waals surface area contributed by atoms with Gasteiger partial charge in [-0.3, -0.25) is 0 Å². The number of hydrogen-bond donors (Lipinski definition) is 0. The Balaban J connectivity index is 1.26. The normalized spacial score (nSPS) is 10.8. The Bertz CT molecular complexity index is 2020. The van der Waals surface area contributed by atoms with Crippen molar-refractivity contribution >= 4 is 10.8 Å². The van der Waals surface area contributed by atoms with Crippen LogP contribution in [0.3, 0.4) is 0 Å². The lowest BCUT2D eigenvalue weighted by Crippen LogP contribution is -1.95. The van der Waals surface area contributed by atoms with Crippen molar-refractivity contribution in [1.82, 2.24) is 9.97 Å². The van der Waals surface area contributed by atoms with Gasteiger partial charge in [0, 0.05) is 16.7 Å². The second kappa shape index (κ2) is 11.0. The molecule has 0 spiro atoms. The van der Waals surface area contributed by atoms with Gasteiger partial charge in [-0.25, -0.2) is 9.97 Å². The fourth-order valence-corrected chi connectivity index (χ4v) is 5.33. The average Bonchev–Trinajstić information content (AvgIpc) is 3.08. The molecule has 7 rings (SSSR count). The van der Waals surface area contributed by atoms with Gasteiger partial charge in [0.25, 0.3) is 0 Å². The molecule has 0 saturated carbocycles. The van der Waals surface area contributed by atoms with E-state index in [1.165, 1.54) is 0 Å². The van der Waals surface area contributed by atoms with E-state index < -0.39 is 0 Å². The molecule has 0 radical (unpaired) electrons. The molecule has 0 saturated heterocycles. The zero-order chi connectivity index (χ0) is 28.3. The van der Waals surface area contributed by atoms with Gasteiger partial charge in [-0.2, -0.15) is 5.26 Å². The van der Waals surface area contributed by atoms with Crippen LogP contribution in [0.25, 0.3) is 66.9 Å². The fourth-order valence-electron chi connectivity index (χ4n) is 5.33. The average molecular weight is 536 g/mol. The Morgan fingerprint density at radius 2 is 0.929 bits per heavy atom. The van der Waals surface area contributed by atoms with E-state index in [9.17, 15) is 5.26 Å². The first-order chi connectivity index (χ1) is 20.7.